The van der Waals surface area contributed by atoms with Crippen molar-refractivity contribution in [2.24, 2.45) is 0 Å². The summed E-state index contributed by atoms with van der Waals surface area (Å²) >= 11 is 0. The highest BCUT2D eigenvalue weighted by Crippen LogP contribution is 2.25. The molecule has 0 aliphatic heterocycles. The molecule has 0 N–H and O–H groups in total. The van der Waals surface area contributed by atoms with Gasteiger partial charge < -0.3 is 0 Å². The molecule has 2 aromatic carbocycles. The summed E-state index contributed by atoms with van der Waals surface area (Å²) < 4.78 is 27.1. The maximum atomic E-state index is 12.9. The molecule has 2 aromatic rings. The second kappa shape index (κ2) is 6.53. The quantitative estimate of drug-likeness (QED) is 0.865. The Labute approximate surface area is 138 Å². The van der Waals surface area contributed by atoms with Gasteiger partial charge in [-0.2, -0.15) is 9.57 Å². The van der Waals surface area contributed by atoms with Crippen molar-refractivity contribution in [1.29, 1.82) is 5.26 Å². The molecule has 0 amide bonds. The van der Waals surface area contributed by atoms with Gasteiger partial charge in [0.2, 0.25) is 10.0 Å². The topological polar surface area (TPSA) is 61.2 Å². The van der Waals surface area contributed by atoms with Gasteiger partial charge in [-0.05, 0) is 49.6 Å². The molecule has 0 spiro atoms. The molecule has 0 aromatic heterocycles. The molecule has 0 bridgehead atoms. The molecule has 0 atom stereocenters. The second-order valence-corrected chi connectivity index (χ2v) is 7.78. The van der Waals surface area contributed by atoms with Gasteiger partial charge in [0.05, 0.1) is 16.5 Å². The van der Waals surface area contributed by atoms with Crippen LogP contribution in [-0.2, 0) is 16.6 Å². The second-order valence-electron chi connectivity index (χ2n) is 5.80. The number of aryl methyl sites for hydroxylation is 3. The summed E-state index contributed by atoms with van der Waals surface area (Å²) in [4.78, 5) is 0.374. The molecular weight excluding hydrogens is 308 g/mol. The van der Waals surface area contributed by atoms with Crippen LogP contribution in [0.25, 0.3) is 0 Å². The van der Waals surface area contributed by atoms with Gasteiger partial charge in [0, 0.05) is 13.6 Å². The van der Waals surface area contributed by atoms with Crippen molar-refractivity contribution in [2.45, 2.75) is 32.2 Å². The fraction of sp³-hybridized carbons (Fsp3) is 0.278. The summed E-state index contributed by atoms with van der Waals surface area (Å²) in [5, 5.41) is 8.82. The van der Waals surface area contributed by atoms with Gasteiger partial charge in [0.25, 0.3) is 0 Å². The summed E-state index contributed by atoms with van der Waals surface area (Å²) in [6.07, 6.45) is 0. The molecule has 0 radical (unpaired) electrons. The van der Waals surface area contributed by atoms with Crippen LogP contribution in [0.5, 0.6) is 0 Å². The number of nitriles is 1. The van der Waals surface area contributed by atoms with Gasteiger partial charge >= 0.3 is 0 Å². The van der Waals surface area contributed by atoms with E-state index in [1.165, 1.54) is 4.31 Å². The lowest BCUT2D eigenvalue weighted by Gasteiger charge is -2.20. The zero-order chi connectivity index (χ0) is 17.2. The van der Waals surface area contributed by atoms with Crippen LogP contribution < -0.4 is 0 Å². The molecule has 0 unspecified atom stereocenters. The number of nitrogens with zero attached hydrogens (tertiary/aromatic N) is 2. The van der Waals surface area contributed by atoms with E-state index in [-0.39, 0.29) is 6.54 Å². The average Bonchev–Trinajstić information content (AvgIpc) is 2.46. The molecule has 0 aliphatic carbocycles. The average molecular weight is 328 g/mol. The van der Waals surface area contributed by atoms with Crippen molar-refractivity contribution in [2.75, 3.05) is 7.05 Å². The largest absolute Gasteiger partial charge is 0.243 e. The van der Waals surface area contributed by atoms with Crippen molar-refractivity contribution in [3.63, 3.8) is 0 Å². The Morgan fingerprint density at radius 2 is 1.57 bits per heavy atom. The van der Waals surface area contributed by atoms with E-state index in [9.17, 15) is 8.42 Å². The highest BCUT2D eigenvalue weighted by atomic mass is 32.2. The summed E-state index contributed by atoms with van der Waals surface area (Å²) in [6, 6.07) is 12.8. The number of sulfonamides is 1. The Morgan fingerprint density at radius 3 is 2.04 bits per heavy atom. The molecule has 23 heavy (non-hydrogen) atoms. The van der Waals surface area contributed by atoms with Gasteiger partial charge in [-0.15, -0.1) is 0 Å². The molecule has 2 rings (SSSR count). The third-order valence-corrected chi connectivity index (χ3v) is 5.87. The molecule has 0 aliphatic rings. The van der Waals surface area contributed by atoms with E-state index in [0.717, 1.165) is 22.3 Å². The van der Waals surface area contributed by atoms with Gasteiger partial charge in [-0.1, -0.05) is 29.8 Å². The van der Waals surface area contributed by atoms with Crippen LogP contribution in [0, 0.1) is 32.1 Å². The molecule has 0 saturated heterocycles. The van der Waals surface area contributed by atoms with E-state index in [0.29, 0.717) is 10.5 Å². The Bertz CT molecular complexity index is 840. The minimum Gasteiger partial charge on any atom is -0.207 e. The van der Waals surface area contributed by atoms with Crippen LogP contribution in [0.3, 0.4) is 0 Å². The Kier molecular flexibility index (Phi) is 4.88. The van der Waals surface area contributed by atoms with Crippen LogP contribution in [0.2, 0.25) is 0 Å². The SMILES string of the molecule is Cc1cc(C)c(S(=O)(=O)N(C)Cc2ccc(C#N)cc2)c(C)c1. The molecule has 0 heterocycles. The highest BCUT2D eigenvalue weighted by molar-refractivity contribution is 7.89. The number of rotatable bonds is 4. The normalized spacial score (nSPS) is 11.5. The van der Waals surface area contributed by atoms with Crippen molar-refractivity contribution in [3.8, 4) is 6.07 Å². The van der Waals surface area contributed by atoms with Crippen LogP contribution in [-0.4, -0.2) is 19.8 Å². The first kappa shape index (κ1) is 17.2. The summed E-state index contributed by atoms with van der Waals surface area (Å²) in [6.45, 7) is 5.86. The maximum absolute atomic E-state index is 12.9. The van der Waals surface area contributed by atoms with E-state index in [1.807, 2.05) is 32.9 Å². The minimum absolute atomic E-state index is 0.265. The summed E-state index contributed by atoms with van der Waals surface area (Å²) in [7, 11) is -1.99. The molecular formula is C18H20N2O2S. The molecule has 0 fully saturated rings. The third kappa shape index (κ3) is 3.61. The van der Waals surface area contributed by atoms with Crippen molar-refractivity contribution < 1.29 is 8.42 Å². The molecule has 0 saturated carbocycles. The Hall–Kier alpha value is -2.16. The van der Waals surface area contributed by atoms with E-state index < -0.39 is 10.0 Å². The molecule has 4 nitrogen and oxygen atoms in total. The lowest BCUT2D eigenvalue weighted by Crippen LogP contribution is -2.27. The fourth-order valence-electron chi connectivity index (χ4n) is 2.76. The zero-order valence-corrected chi connectivity index (χ0v) is 14.6. The standard InChI is InChI=1S/C18H20N2O2S/c1-13-9-14(2)18(15(3)10-13)23(21,22)20(4)12-17-7-5-16(11-19)6-8-17/h5-10H,12H2,1-4H3. The van der Waals surface area contributed by atoms with Gasteiger partial charge in [-0.3, -0.25) is 0 Å². The van der Waals surface area contributed by atoms with E-state index in [4.69, 9.17) is 5.26 Å². The van der Waals surface area contributed by atoms with Crippen LogP contribution in [0.15, 0.2) is 41.3 Å². The zero-order valence-electron chi connectivity index (χ0n) is 13.8. The highest BCUT2D eigenvalue weighted by Gasteiger charge is 2.25. The first-order valence-corrected chi connectivity index (χ1v) is 8.73. The summed E-state index contributed by atoms with van der Waals surface area (Å²) in [5.74, 6) is 0. The van der Waals surface area contributed by atoms with Crippen molar-refractivity contribution in [3.05, 3.63) is 64.2 Å². The number of hydrogen-bond donors (Lipinski definition) is 0. The fourth-order valence-corrected chi connectivity index (χ4v) is 4.32. The lowest BCUT2D eigenvalue weighted by atomic mass is 10.1. The summed E-state index contributed by atoms with van der Waals surface area (Å²) in [5.41, 5.74) is 3.97. The Morgan fingerprint density at radius 1 is 1.04 bits per heavy atom. The maximum Gasteiger partial charge on any atom is 0.243 e. The molecule has 120 valence electrons. The van der Waals surface area contributed by atoms with Crippen LogP contribution >= 0.6 is 0 Å². The van der Waals surface area contributed by atoms with Gasteiger partial charge in [0.1, 0.15) is 0 Å². The Balaban J connectivity index is 2.34. The minimum atomic E-state index is -3.56. The van der Waals surface area contributed by atoms with Gasteiger partial charge in [-0.25, -0.2) is 8.42 Å². The lowest BCUT2D eigenvalue weighted by molar-refractivity contribution is 0.466. The van der Waals surface area contributed by atoms with Gasteiger partial charge in [0.15, 0.2) is 0 Å². The van der Waals surface area contributed by atoms with E-state index >= 15 is 0 Å². The number of benzene rings is 2. The number of hydrogen-bond acceptors (Lipinski definition) is 3. The molecule has 5 heteroatoms. The smallest absolute Gasteiger partial charge is 0.207 e. The van der Waals surface area contributed by atoms with Crippen LogP contribution in [0.4, 0.5) is 0 Å². The monoisotopic (exact) mass is 328 g/mol. The predicted octanol–water partition coefficient (Wildman–Crippen LogP) is 3.30. The van der Waals surface area contributed by atoms with Crippen molar-refractivity contribution in [1.82, 2.24) is 4.31 Å². The van der Waals surface area contributed by atoms with E-state index in [2.05, 4.69) is 6.07 Å². The predicted molar refractivity (Wildman–Crippen MR) is 90.5 cm³/mol. The van der Waals surface area contributed by atoms with Crippen molar-refractivity contribution >= 4 is 10.0 Å². The third-order valence-electron chi connectivity index (χ3n) is 3.76. The van der Waals surface area contributed by atoms with Crippen LogP contribution in [0.1, 0.15) is 27.8 Å². The van der Waals surface area contributed by atoms with E-state index in [1.54, 1.807) is 31.3 Å². The first-order valence-electron chi connectivity index (χ1n) is 7.29. The first-order chi connectivity index (χ1) is 10.8.